The van der Waals surface area contributed by atoms with Crippen molar-refractivity contribution >= 4 is 21.9 Å². The summed E-state index contributed by atoms with van der Waals surface area (Å²) in [4.78, 5) is 29.2. The molecule has 24 heavy (non-hydrogen) atoms. The first kappa shape index (κ1) is 18.1. The van der Waals surface area contributed by atoms with Crippen LogP contribution in [0.25, 0.3) is 0 Å². The quantitative estimate of drug-likeness (QED) is 0.645. The third-order valence-corrected chi connectivity index (χ3v) is 4.87. The van der Waals surface area contributed by atoms with Crippen LogP contribution >= 0.6 is 0 Å². The molecular weight excluding hydrogens is 338 g/mol. The fourth-order valence-electron chi connectivity index (χ4n) is 2.19. The highest BCUT2D eigenvalue weighted by Gasteiger charge is 2.26. The van der Waals surface area contributed by atoms with E-state index in [2.05, 4.69) is 4.98 Å². The van der Waals surface area contributed by atoms with Gasteiger partial charge in [0.1, 0.15) is 0 Å². The van der Waals surface area contributed by atoms with Crippen molar-refractivity contribution in [1.29, 1.82) is 0 Å². The minimum absolute atomic E-state index is 0.213. The predicted molar refractivity (Wildman–Crippen MR) is 84.1 cm³/mol. The van der Waals surface area contributed by atoms with E-state index < -0.39 is 22.6 Å². The maximum Gasteiger partial charge on any atom is 0.340 e. The summed E-state index contributed by atoms with van der Waals surface area (Å²) >= 11 is 0. The molecule has 0 aliphatic carbocycles. The van der Waals surface area contributed by atoms with Crippen LogP contribution in [0.15, 0.2) is 18.3 Å². The first-order chi connectivity index (χ1) is 11.3. The van der Waals surface area contributed by atoms with Crippen LogP contribution < -0.4 is 4.74 Å². The maximum atomic E-state index is 12.0. The summed E-state index contributed by atoms with van der Waals surface area (Å²) < 4.78 is 34.0. The third kappa shape index (κ3) is 4.65. The molecule has 1 aliphatic rings. The SMILES string of the molecule is COc1ccc(C(=O)OCC(=O)N2CCN(S(C)(=O)=O)CC2)cn1. The van der Waals surface area contributed by atoms with Gasteiger partial charge in [0.05, 0.1) is 18.9 Å². The summed E-state index contributed by atoms with van der Waals surface area (Å²) in [5, 5.41) is 0. The average molecular weight is 357 g/mol. The molecule has 1 fully saturated rings. The molecule has 10 heteroatoms. The Labute approximate surface area is 140 Å². The number of esters is 1. The van der Waals surface area contributed by atoms with Gasteiger partial charge in [-0.15, -0.1) is 0 Å². The van der Waals surface area contributed by atoms with Gasteiger partial charge in [0.2, 0.25) is 15.9 Å². The minimum atomic E-state index is -3.25. The Morgan fingerprint density at radius 1 is 1.21 bits per heavy atom. The number of amides is 1. The van der Waals surface area contributed by atoms with Gasteiger partial charge in [0.15, 0.2) is 6.61 Å². The topological polar surface area (TPSA) is 106 Å². The van der Waals surface area contributed by atoms with Crippen LogP contribution in [-0.4, -0.2) is 80.6 Å². The van der Waals surface area contributed by atoms with E-state index in [1.165, 1.54) is 34.6 Å². The van der Waals surface area contributed by atoms with E-state index in [0.717, 1.165) is 6.26 Å². The molecule has 1 aliphatic heterocycles. The first-order valence-electron chi connectivity index (χ1n) is 7.21. The molecule has 132 valence electrons. The molecular formula is C14H19N3O6S. The highest BCUT2D eigenvalue weighted by molar-refractivity contribution is 7.88. The number of aromatic nitrogens is 1. The summed E-state index contributed by atoms with van der Waals surface area (Å²) in [6.45, 7) is 0.618. The summed E-state index contributed by atoms with van der Waals surface area (Å²) in [5.41, 5.74) is 0.213. The van der Waals surface area contributed by atoms with Gasteiger partial charge < -0.3 is 14.4 Å². The molecule has 9 nitrogen and oxygen atoms in total. The second-order valence-electron chi connectivity index (χ2n) is 5.21. The molecule has 0 aromatic carbocycles. The van der Waals surface area contributed by atoms with Gasteiger partial charge in [0, 0.05) is 38.4 Å². The largest absolute Gasteiger partial charge is 0.481 e. The smallest absolute Gasteiger partial charge is 0.340 e. The van der Waals surface area contributed by atoms with Crippen LogP contribution in [0.5, 0.6) is 5.88 Å². The molecule has 0 bridgehead atoms. The van der Waals surface area contributed by atoms with Crippen molar-refractivity contribution in [2.75, 3.05) is 46.2 Å². The monoisotopic (exact) mass is 357 g/mol. The van der Waals surface area contributed by atoms with Gasteiger partial charge in [-0.25, -0.2) is 18.2 Å². The van der Waals surface area contributed by atoms with E-state index in [4.69, 9.17) is 9.47 Å². The van der Waals surface area contributed by atoms with Crippen LogP contribution in [0.4, 0.5) is 0 Å². The van der Waals surface area contributed by atoms with Crippen molar-refractivity contribution in [3.8, 4) is 5.88 Å². The number of rotatable bonds is 5. The van der Waals surface area contributed by atoms with Gasteiger partial charge in [-0.2, -0.15) is 4.31 Å². The zero-order chi connectivity index (χ0) is 17.7. The van der Waals surface area contributed by atoms with Gasteiger partial charge in [-0.1, -0.05) is 0 Å². The molecule has 2 heterocycles. The van der Waals surface area contributed by atoms with E-state index >= 15 is 0 Å². The van der Waals surface area contributed by atoms with Gasteiger partial charge in [0.25, 0.3) is 5.91 Å². The third-order valence-electron chi connectivity index (χ3n) is 3.57. The summed E-state index contributed by atoms with van der Waals surface area (Å²) in [5.74, 6) is -0.655. The van der Waals surface area contributed by atoms with Gasteiger partial charge in [-0.3, -0.25) is 4.79 Å². The van der Waals surface area contributed by atoms with Crippen molar-refractivity contribution in [3.63, 3.8) is 0 Å². The molecule has 1 aromatic rings. The Kier molecular flexibility index (Phi) is 5.73. The van der Waals surface area contributed by atoms with Gasteiger partial charge in [-0.05, 0) is 6.07 Å². The zero-order valence-electron chi connectivity index (χ0n) is 13.5. The Balaban J connectivity index is 1.81. The summed E-state index contributed by atoms with van der Waals surface area (Å²) in [6.07, 6.45) is 2.44. The Morgan fingerprint density at radius 3 is 2.38 bits per heavy atom. The molecule has 0 radical (unpaired) electrons. The molecule has 2 rings (SSSR count). The minimum Gasteiger partial charge on any atom is -0.481 e. The molecule has 0 spiro atoms. The van der Waals surface area contributed by atoms with Crippen molar-refractivity contribution < 1.29 is 27.5 Å². The molecule has 1 saturated heterocycles. The Hall–Kier alpha value is -2.20. The highest BCUT2D eigenvalue weighted by Crippen LogP contribution is 2.09. The number of carbonyl (C=O) groups excluding carboxylic acids is 2. The molecule has 0 saturated carbocycles. The van der Waals surface area contributed by atoms with Crippen LogP contribution in [0.2, 0.25) is 0 Å². The number of hydrogen-bond acceptors (Lipinski definition) is 7. The Morgan fingerprint density at radius 2 is 1.88 bits per heavy atom. The van der Waals surface area contributed by atoms with E-state index in [1.807, 2.05) is 0 Å². The number of piperazine rings is 1. The van der Waals surface area contributed by atoms with Gasteiger partial charge >= 0.3 is 5.97 Å². The number of carbonyl (C=O) groups is 2. The van der Waals surface area contributed by atoms with Crippen molar-refractivity contribution in [2.24, 2.45) is 0 Å². The number of hydrogen-bond donors (Lipinski definition) is 0. The molecule has 0 atom stereocenters. The predicted octanol–water partition coefficient (Wildman–Crippen LogP) is -0.649. The summed E-state index contributed by atoms with van der Waals surface area (Å²) in [6, 6.07) is 3.01. The molecule has 0 N–H and O–H groups in total. The van der Waals surface area contributed by atoms with E-state index in [9.17, 15) is 18.0 Å². The van der Waals surface area contributed by atoms with E-state index in [1.54, 1.807) is 0 Å². The lowest BCUT2D eigenvalue weighted by Gasteiger charge is -2.33. The first-order valence-corrected chi connectivity index (χ1v) is 9.06. The molecule has 1 aromatic heterocycles. The average Bonchev–Trinajstić information content (AvgIpc) is 2.58. The van der Waals surface area contributed by atoms with Crippen molar-refractivity contribution in [1.82, 2.24) is 14.2 Å². The molecule has 1 amide bonds. The Bertz CT molecular complexity index is 696. The van der Waals surface area contributed by atoms with Crippen LogP contribution in [0, 0.1) is 0 Å². The lowest BCUT2D eigenvalue weighted by molar-refractivity contribution is -0.135. The van der Waals surface area contributed by atoms with Crippen molar-refractivity contribution in [2.45, 2.75) is 0 Å². The second kappa shape index (κ2) is 7.58. The zero-order valence-corrected chi connectivity index (χ0v) is 14.3. The number of methoxy groups -OCH3 is 1. The normalized spacial score (nSPS) is 15.8. The van der Waals surface area contributed by atoms with Crippen LogP contribution in [-0.2, 0) is 19.6 Å². The highest BCUT2D eigenvalue weighted by atomic mass is 32.2. The van der Waals surface area contributed by atoms with E-state index in [0.29, 0.717) is 5.88 Å². The lowest BCUT2D eigenvalue weighted by atomic mass is 10.3. The standard InChI is InChI=1S/C14H19N3O6S/c1-22-12-4-3-11(9-15-12)14(19)23-10-13(18)16-5-7-17(8-6-16)24(2,20)21/h3-4,9H,5-8,10H2,1-2H3. The number of pyridine rings is 1. The fourth-order valence-corrected chi connectivity index (χ4v) is 3.02. The van der Waals surface area contributed by atoms with Crippen molar-refractivity contribution in [3.05, 3.63) is 23.9 Å². The second-order valence-corrected chi connectivity index (χ2v) is 7.19. The summed E-state index contributed by atoms with van der Waals surface area (Å²) in [7, 11) is -1.79. The fraction of sp³-hybridized carbons (Fsp3) is 0.500. The van der Waals surface area contributed by atoms with E-state index in [-0.39, 0.29) is 37.6 Å². The lowest BCUT2D eigenvalue weighted by Crippen LogP contribution is -2.51. The number of ether oxygens (including phenoxy) is 2. The van der Waals surface area contributed by atoms with Crippen LogP contribution in [0.1, 0.15) is 10.4 Å². The number of sulfonamides is 1. The molecule has 0 unspecified atom stereocenters. The van der Waals surface area contributed by atoms with Crippen LogP contribution in [0.3, 0.4) is 0 Å². The maximum absolute atomic E-state index is 12.0. The number of nitrogens with zero attached hydrogens (tertiary/aromatic N) is 3.